The summed E-state index contributed by atoms with van der Waals surface area (Å²) in [6.07, 6.45) is 1.34. The summed E-state index contributed by atoms with van der Waals surface area (Å²) in [5.74, 6) is 1.12. The van der Waals surface area contributed by atoms with Gasteiger partial charge in [0.05, 0.1) is 16.6 Å². The Bertz CT molecular complexity index is 1330. The number of ether oxygens (including phenoxy) is 3. The molecule has 1 fully saturated rings. The molecule has 8 heteroatoms. The van der Waals surface area contributed by atoms with E-state index in [2.05, 4.69) is 52.0 Å². The van der Waals surface area contributed by atoms with Crippen molar-refractivity contribution in [1.82, 2.24) is 9.80 Å². The van der Waals surface area contributed by atoms with Crippen molar-refractivity contribution in [2.24, 2.45) is 0 Å². The van der Waals surface area contributed by atoms with Crippen molar-refractivity contribution in [3.05, 3.63) is 81.8 Å². The van der Waals surface area contributed by atoms with Crippen LogP contribution in [0, 0.1) is 6.92 Å². The Hall–Kier alpha value is -3.36. The maximum Gasteiger partial charge on any atom is 0.410 e. The summed E-state index contributed by atoms with van der Waals surface area (Å²) in [5, 5.41) is 0. The number of carbonyl (C=O) groups is 2. The predicted octanol–water partition coefficient (Wildman–Crippen LogP) is 7.14. The van der Waals surface area contributed by atoms with E-state index in [1.54, 1.807) is 17.0 Å². The summed E-state index contributed by atoms with van der Waals surface area (Å²) >= 11 is 3.55. The van der Waals surface area contributed by atoms with Gasteiger partial charge in [0.25, 0.3) is 0 Å². The number of hydrogen-bond acceptors (Lipinski definition) is 6. The van der Waals surface area contributed by atoms with E-state index < -0.39 is 5.60 Å². The predicted molar refractivity (Wildman–Crippen MR) is 165 cm³/mol. The fraction of sp³-hybridized carbons (Fsp3) is 0.394. The minimum Gasteiger partial charge on any atom is -0.493 e. The highest BCUT2D eigenvalue weighted by Gasteiger charge is 2.25. The molecule has 0 aromatic heterocycles. The van der Waals surface area contributed by atoms with Crippen molar-refractivity contribution in [2.45, 2.75) is 46.3 Å². The molecular weight excluding hydrogens is 584 g/mol. The number of hydrogen-bond donors (Lipinski definition) is 0. The quantitative estimate of drug-likeness (QED) is 0.177. The van der Waals surface area contributed by atoms with E-state index in [9.17, 15) is 9.59 Å². The Balaban J connectivity index is 1.30. The van der Waals surface area contributed by atoms with Gasteiger partial charge in [-0.15, -0.1) is 0 Å². The molecular formula is C33H39BrN2O5. The Morgan fingerprint density at radius 3 is 2.37 bits per heavy atom. The van der Waals surface area contributed by atoms with Crippen LogP contribution in [-0.2, 0) is 11.3 Å². The molecule has 0 radical (unpaired) electrons. The van der Waals surface area contributed by atoms with Crippen molar-refractivity contribution in [2.75, 3.05) is 39.3 Å². The summed E-state index contributed by atoms with van der Waals surface area (Å²) in [7, 11) is 0. The molecule has 0 saturated carbocycles. The van der Waals surface area contributed by atoms with E-state index in [0.29, 0.717) is 47.8 Å². The molecule has 7 nitrogen and oxygen atoms in total. The maximum absolute atomic E-state index is 12.3. The number of nitrogens with zero attached hydrogens (tertiary/aromatic N) is 2. The van der Waals surface area contributed by atoms with E-state index in [4.69, 9.17) is 14.2 Å². The van der Waals surface area contributed by atoms with Crippen molar-refractivity contribution >= 4 is 28.3 Å². The van der Waals surface area contributed by atoms with Gasteiger partial charge in [0.1, 0.15) is 23.7 Å². The van der Waals surface area contributed by atoms with Crippen molar-refractivity contribution in [3.63, 3.8) is 0 Å². The number of halogens is 1. The van der Waals surface area contributed by atoms with Gasteiger partial charge in [-0.1, -0.05) is 48.5 Å². The summed E-state index contributed by atoms with van der Waals surface area (Å²) in [6.45, 7) is 12.3. The fourth-order valence-electron chi connectivity index (χ4n) is 4.75. The van der Waals surface area contributed by atoms with E-state index in [0.717, 1.165) is 37.9 Å². The van der Waals surface area contributed by atoms with Crippen LogP contribution in [0.3, 0.4) is 0 Å². The Morgan fingerprint density at radius 1 is 0.951 bits per heavy atom. The lowest BCUT2D eigenvalue weighted by molar-refractivity contribution is 0.0142. The first-order chi connectivity index (χ1) is 19.6. The number of carbonyl (C=O) groups excluding carboxylic acids is 2. The molecule has 41 heavy (non-hydrogen) atoms. The lowest BCUT2D eigenvalue weighted by Gasteiger charge is -2.35. The Kier molecular flexibility index (Phi) is 10.5. The van der Waals surface area contributed by atoms with Crippen LogP contribution in [-0.4, -0.2) is 67.1 Å². The molecule has 1 aliphatic rings. The second kappa shape index (κ2) is 14.0. The van der Waals surface area contributed by atoms with E-state index in [-0.39, 0.29) is 6.09 Å². The van der Waals surface area contributed by atoms with Gasteiger partial charge in [0.2, 0.25) is 0 Å². The van der Waals surface area contributed by atoms with Crippen LogP contribution >= 0.6 is 15.9 Å². The zero-order chi connectivity index (χ0) is 29.4. The third-order valence-corrected chi connectivity index (χ3v) is 7.63. The molecule has 1 heterocycles. The third kappa shape index (κ3) is 8.57. The standard InChI is InChI=1S/C33H39BrN2O5/c1-24-26(12-8-13-28(24)25-10-6-5-7-11-25)23-40-31-21-30(27(22-37)20-29(31)34)39-19-9-14-35-15-17-36(18-16-35)32(38)41-33(2,3)4/h5-8,10-13,20-22H,9,14-19,23H2,1-4H3. The van der Waals surface area contributed by atoms with Gasteiger partial charge < -0.3 is 19.1 Å². The van der Waals surface area contributed by atoms with Gasteiger partial charge in [0.15, 0.2) is 6.29 Å². The van der Waals surface area contributed by atoms with Crippen LogP contribution < -0.4 is 9.47 Å². The van der Waals surface area contributed by atoms with Crippen molar-refractivity contribution in [3.8, 4) is 22.6 Å². The van der Waals surface area contributed by atoms with E-state index in [1.807, 2.05) is 45.0 Å². The molecule has 3 aromatic rings. The van der Waals surface area contributed by atoms with Gasteiger partial charge >= 0.3 is 6.09 Å². The van der Waals surface area contributed by atoms with E-state index >= 15 is 0 Å². The van der Waals surface area contributed by atoms with Crippen molar-refractivity contribution in [1.29, 1.82) is 0 Å². The topological polar surface area (TPSA) is 68.3 Å². The number of amides is 1. The summed E-state index contributed by atoms with van der Waals surface area (Å²) < 4.78 is 18.4. The Morgan fingerprint density at radius 2 is 1.68 bits per heavy atom. The number of piperazine rings is 1. The molecule has 1 aliphatic heterocycles. The van der Waals surface area contributed by atoms with Crippen LogP contribution in [0.4, 0.5) is 4.79 Å². The molecule has 1 saturated heterocycles. The molecule has 4 rings (SSSR count). The molecule has 3 aromatic carbocycles. The molecule has 218 valence electrons. The van der Waals surface area contributed by atoms with Gasteiger partial charge in [-0.3, -0.25) is 9.69 Å². The van der Waals surface area contributed by atoms with Crippen LogP contribution in [0.25, 0.3) is 11.1 Å². The van der Waals surface area contributed by atoms with Crippen LogP contribution in [0.1, 0.15) is 48.7 Å². The number of aldehydes is 1. The zero-order valence-corrected chi connectivity index (χ0v) is 25.9. The molecule has 0 spiro atoms. The SMILES string of the molecule is Cc1c(COc2cc(OCCCN3CCN(C(=O)OC(C)(C)C)CC3)c(C=O)cc2Br)cccc1-c1ccccc1. The highest BCUT2D eigenvalue weighted by Crippen LogP contribution is 2.34. The maximum atomic E-state index is 12.3. The van der Waals surface area contributed by atoms with Gasteiger partial charge in [-0.05, 0) is 78.4 Å². The summed E-state index contributed by atoms with van der Waals surface area (Å²) in [5.41, 5.74) is 4.59. The monoisotopic (exact) mass is 622 g/mol. The first-order valence-electron chi connectivity index (χ1n) is 14.0. The molecule has 0 N–H and O–H groups in total. The number of benzene rings is 3. The van der Waals surface area contributed by atoms with Gasteiger partial charge in [0, 0.05) is 38.8 Å². The third-order valence-electron chi connectivity index (χ3n) is 7.01. The lowest BCUT2D eigenvalue weighted by atomic mass is 9.97. The second-order valence-electron chi connectivity index (χ2n) is 11.2. The van der Waals surface area contributed by atoms with Crippen molar-refractivity contribution < 1.29 is 23.8 Å². The molecule has 0 aliphatic carbocycles. The largest absolute Gasteiger partial charge is 0.493 e. The van der Waals surface area contributed by atoms with Crippen LogP contribution in [0.5, 0.6) is 11.5 Å². The van der Waals surface area contributed by atoms with Crippen LogP contribution in [0.15, 0.2) is 65.1 Å². The van der Waals surface area contributed by atoms with Gasteiger partial charge in [-0.2, -0.15) is 0 Å². The van der Waals surface area contributed by atoms with Gasteiger partial charge in [-0.25, -0.2) is 4.79 Å². The molecule has 0 atom stereocenters. The average Bonchev–Trinajstić information content (AvgIpc) is 2.95. The summed E-state index contributed by atoms with van der Waals surface area (Å²) in [6, 6.07) is 20.1. The first kappa shape index (κ1) is 30.6. The average molecular weight is 624 g/mol. The Labute approximate surface area is 251 Å². The second-order valence-corrected chi connectivity index (χ2v) is 12.0. The highest BCUT2D eigenvalue weighted by molar-refractivity contribution is 9.10. The number of rotatable bonds is 10. The fourth-order valence-corrected chi connectivity index (χ4v) is 5.23. The zero-order valence-electron chi connectivity index (χ0n) is 24.3. The molecule has 0 unspecified atom stereocenters. The smallest absolute Gasteiger partial charge is 0.410 e. The molecule has 1 amide bonds. The lowest BCUT2D eigenvalue weighted by Crippen LogP contribution is -2.50. The van der Waals surface area contributed by atoms with E-state index in [1.165, 1.54) is 16.7 Å². The minimum absolute atomic E-state index is 0.255. The normalized spacial score (nSPS) is 14.0. The minimum atomic E-state index is -0.490. The highest BCUT2D eigenvalue weighted by atomic mass is 79.9. The molecule has 0 bridgehead atoms. The first-order valence-corrected chi connectivity index (χ1v) is 14.8. The van der Waals surface area contributed by atoms with Crippen LogP contribution in [0.2, 0.25) is 0 Å². The summed E-state index contributed by atoms with van der Waals surface area (Å²) in [4.78, 5) is 28.1.